The smallest absolute Gasteiger partial charge is 0.146 e. The van der Waals surface area contributed by atoms with Gasteiger partial charge in [-0.05, 0) is 55.0 Å². The van der Waals surface area contributed by atoms with Crippen LogP contribution in [-0.4, -0.2) is 6.29 Å². The molecule has 16 heavy (non-hydrogen) atoms. The van der Waals surface area contributed by atoms with Crippen molar-refractivity contribution in [2.45, 2.75) is 34.6 Å². The van der Waals surface area contributed by atoms with Crippen LogP contribution in [0.3, 0.4) is 0 Å². The Bertz CT molecular complexity index is 402. The van der Waals surface area contributed by atoms with E-state index in [0.717, 1.165) is 11.9 Å². The minimum atomic E-state index is 0.276. The molecule has 0 aliphatic rings. The van der Waals surface area contributed by atoms with Crippen LogP contribution >= 0.6 is 0 Å². The van der Waals surface area contributed by atoms with Crippen molar-refractivity contribution in [2.75, 3.05) is 0 Å². The molecule has 0 amide bonds. The van der Waals surface area contributed by atoms with Gasteiger partial charge in [-0.25, -0.2) is 0 Å². The van der Waals surface area contributed by atoms with Crippen LogP contribution in [-0.2, 0) is 4.79 Å². The summed E-state index contributed by atoms with van der Waals surface area (Å²) in [5.41, 5.74) is 5.77. The number of carbonyl (C=O) groups is 1. The topological polar surface area (TPSA) is 17.1 Å². The predicted molar refractivity (Wildman–Crippen MR) is 69.5 cm³/mol. The first-order valence-electron chi connectivity index (χ1n) is 5.70. The van der Waals surface area contributed by atoms with Crippen LogP contribution in [0.15, 0.2) is 17.7 Å². The summed E-state index contributed by atoms with van der Waals surface area (Å²) in [6.07, 6.45) is 2.98. The first kappa shape index (κ1) is 12.7. The van der Waals surface area contributed by atoms with Crippen molar-refractivity contribution < 1.29 is 4.79 Å². The molecule has 0 aromatic heterocycles. The van der Waals surface area contributed by atoms with Crippen molar-refractivity contribution in [3.8, 4) is 0 Å². The van der Waals surface area contributed by atoms with Gasteiger partial charge in [-0.1, -0.05) is 31.5 Å². The second kappa shape index (κ2) is 5.11. The molecule has 0 bridgehead atoms. The Morgan fingerprint density at radius 2 is 1.62 bits per heavy atom. The van der Waals surface area contributed by atoms with Gasteiger partial charge in [0.15, 0.2) is 0 Å². The molecular weight excluding hydrogens is 196 g/mol. The van der Waals surface area contributed by atoms with Crippen LogP contribution < -0.4 is 0 Å². The predicted octanol–water partition coefficient (Wildman–Crippen LogP) is 3.85. The molecule has 0 spiro atoms. The van der Waals surface area contributed by atoms with Crippen LogP contribution in [0.1, 0.15) is 36.1 Å². The molecule has 0 heterocycles. The maximum absolute atomic E-state index is 11.0. The fraction of sp³-hybridized carbons (Fsp3) is 0.400. The zero-order valence-corrected chi connectivity index (χ0v) is 10.8. The highest BCUT2D eigenvalue weighted by Gasteiger charge is 2.05. The molecule has 0 N–H and O–H groups in total. The zero-order valence-electron chi connectivity index (χ0n) is 10.8. The number of hydrogen-bond donors (Lipinski definition) is 0. The lowest BCUT2D eigenvalue weighted by atomic mass is 9.95. The number of allylic oxidation sites excluding steroid dienone is 1. The maximum atomic E-state index is 11.0. The number of aryl methyl sites for hydroxylation is 3. The molecule has 1 aromatic rings. The molecular formula is C15H20O. The van der Waals surface area contributed by atoms with E-state index < -0.39 is 0 Å². The maximum Gasteiger partial charge on any atom is 0.146 e. The van der Waals surface area contributed by atoms with Gasteiger partial charge in [-0.15, -0.1) is 0 Å². The summed E-state index contributed by atoms with van der Waals surface area (Å²) < 4.78 is 0. The summed E-state index contributed by atoms with van der Waals surface area (Å²) in [7, 11) is 0. The lowest BCUT2D eigenvalue weighted by molar-refractivity contribution is -0.105. The monoisotopic (exact) mass is 216 g/mol. The Kier molecular flexibility index (Phi) is 4.05. The highest BCUT2D eigenvalue weighted by Crippen LogP contribution is 2.21. The van der Waals surface area contributed by atoms with E-state index in [1.807, 2.05) is 19.9 Å². The summed E-state index contributed by atoms with van der Waals surface area (Å²) >= 11 is 0. The minimum absolute atomic E-state index is 0.276. The SMILES string of the molecule is Cc1cc(C)c(C=C(C=O)C(C)C)c(C)c1. The van der Waals surface area contributed by atoms with Gasteiger partial charge >= 0.3 is 0 Å². The zero-order chi connectivity index (χ0) is 12.3. The van der Waals surface area contributed by atoms with Crippen molar-refractivity contribution in [1.29, 1.82) is 0 Å². The van der Waals surface area contributed by atoms with Crippen molar-refractivity contribution in [3.05, 3.63) is 40.0 Å². The Morgan fingerprint density at radius 1 is 1.12 bits per heavy atom. The molecule has 1 aromatic carbocycles. The van der Waals surface area contributed by atoms with Crippen LogP contribution in [0.25, 0.3) is 6.08 Å². The average Bonchev–Trinajstić information content (AvgIpc) is 2.15. The molecule has 86 valence electrons. The first-order valence-corrected chi connectivity index (χ1v) is 5.70. The first-order chi connectivity index (χ1) is 7.45. The number of carbonyl (C=O) groups excluding carboxylic acids is 1. The molecule has 0 saturated carbocycles. The van der Waals surface area contributed by atoms with Gasteiger partial charge in [0.1, 0.15) is 6.29 Å². The van der Waals surface area contributed by atoms with E-state index in [9.17, 15) is 4.79 Å². The quantitative estimate of drug-likeness (QED) is 0.554. The Hall–Kier alpha value is -1.37. The average molecular weight is 216 g/mol. The third-order valence-corrected chi connectivity index (χ3v) is 2.85. The van der Waals surface area contributed by atoms with Crippen LogP contribution in [0.4, 0.5) is 0 Å². The second-order valence-corrected chi connectivity index (χ2v) is 4.73. The molecule has 1 heteroatoms. The van der Waals surface area contributed by atoms with Gasteiger partial charge < -0.3 is 0 Å². The summed E-state index contributed by atoms with van der Waals surface area (Å²) in [6.45, 7) is 10.4. The van der Waals surface area contributed by atoms with Gasteiger partial charge in [0.25, 0.3) is 0 Å². The van der Waals surface area contributed by atoms with Crippen molar-refractivity contribution in [1.82, 2.24) is 0 Å². The fourth-order valence-electron chi connectivity index (χ4n) is 1.92. The molecule has 0 fully saturated rings. The van der Waals surface area contributed by atoms with Gasteiger partial charge in [0.2, 0.25) is 0 Å². The van der Waals surface area contributed by atoms with Crippen molar-refractivity contribution >= 4 is 12.4 Å². The number of benzene rings is 1. The standard InChI is InChI=1S/C15H20O/c1-10(2)14(9-16)8-15-12(4)6-11(3)7-13(15)5/h6-10H,1-5H3. The molecule has 1 rings (SSSR count). The molecule has 0 unspecified atom stereocenters. The number of hydrogen-bond acceptors (Lipinski definition) is 1. The van der Waals surface area contributed by atoms with Gasteiger partial charge in [0.05, 0.1) is 0 Å². The third-order valence-electron chi connectivity index (χ3n) is 2.85. The van der Waals surface area contributed by atoms with Crippen molar-refractivity contribution in [2.24, 2.45) is 5.92 Å². The number of aldehydes is 1. The highest BCUT2D eigenvalue weighted by molar-refractivity contribution is 5.83. The molecule has 0 atom stereocenters. The highest BCUT2D eigenvalue weighted by atomic mass is 16.1. The van der Waals surface area contributed by atoms with E-state index in [1.54, 1.807) is 0 Å². The van der Waals surface area contributed by atoms with E-state index in [2.05, 4.69) is 32.9 Å². The summed E-state index contributed by atoms with van der Waals surface area (Å²) in [6, 6.07) is 4.31. The van der Waals surface area contributed by atoms with E-state index in [-0.39, 0.29) is 5.92 Å². The van der Waals surface area contributed by atoms with E-state index in [4.69, 9.17) is 0 Å². The fourth-order valence-corrected chi connectivity index (χ4v) is 1.92. The van der Waals surface area contributed by atoms with Gasteiger partial charge in [-0.3, -0.25) is 4.79 Å². The van der Waals surface area contributed by atoms with Gasteiger partial charge in [0, 0.05) is 0 Å². The van der Waals surface area contributed by atoms with E-state index in [0.29, 0.717) is 0 Å². The van der Waals surface area contributed by atoms with E-state index in [1.165, 1.54) is 22.3 Å². The van der Waals surface area contributed by atoms with Crippen molar-refractivity contribution in [3.63, 3.8) is 0 Å². The minimum Gasteiger partial charge on any atom is -0.298 e. The Labute approximate surface area is 98.2 Å². The second-order valence-electron chi connectivity index (χ2n) is 4.73. The third kappa shape index (κ3) is 2.82. The molecule has 0 aliphatic carbocycles. The van der Waals surface area contributed by atoms with Gasteiger partial charge in [-0.2, -0.15) is 0 Å². The molecule has 0 aliphatic heterocycles. The molecule has 1 nitrogen and oxygen atoms in total. The Morgan fingerprint density at radius 3 is 2.00 bits per heavy atom. The lowest BCUT2D eigenvalue weighted by Gasteiger charge is -2.10. The summed E-state index contributed by atoms with van der Waals surface area (Å²) in [5, 5.41) is 0. The lowest BCUT2D eigenvalue weighted by Crippen LogP contribution is -1.97. The Balaban J connectivity index is 3.29. The van der Waals surface area contributed by atoms with Crippen LogP contribution in [0.5, 0.6) is 0 Å². The molecule has 0 radical (unpaired) electrons. The summed E-state index contributed by atoms with van der Waals surface area (Å²) in [5.74, 6) is 0.276. The van der Waals surface area contributed by atoms with E-state index >= 15 is 0 Å². The largest absolute Gasteiger partial charge is 0.298 e. The van der Waals surface area contributed by atoms with Crippen LogP contribution in [0.2, 0.25) is 0 Å². The molecule has 0 saturated heterocycles. The summed E-state index contributed by atoms with van der Waals surface area (Å²) in [4.78, 5) is 11.0. The van der Waals surface area contributed by atoms with Crippen LogP contribution in [0, 0.1) is 26.7 Å². The normalized spacial score (nSPS) is 12.0. The number of rotatable bonds is 3.